The Balaban J connectivity index is 0.00000324. The van der Waals surface area contributed by atoms with Crippen LogP contribution in [0.1, 0.15) is 38.3 Å². The van der Waals surface area contributed by atoms with Crippen molar-refractivity contribution in [2.24, 2.45) is 11.7 Å². The summed E-state index contributed by atoms with van der Waals surface area (Å²) in [5.74, 6) is 1.23. The third kappa shape index (κ3) is 5.27. The van der Waals surface area contributed by atoms with E-state index in [1.807, 2.05) is 0 Å². The van der Waals surface area contributed by atoms with Crippen LogP contribution in [-0.2, 0) is 0 Å². The van der Waals surface area contributed by atoms with Crippen molar-refractivity contribution in [3.8, 4) is 11.5 Å². The fourth-order valence-corrected chi connectivity index (χ4v) is 1.82. The fourth-order valence-electron chi connectivity index (χ4n) is 1.82. The van der Waals surface area contributed by atoms with Crippen molar-refractivity contribution in [1.29, 1.82) is 0 Å². The molecule has 5 heteroatoms. The van der Waals surface area contributed by atoms with Gasteiger partial charge in [0.2, 0.25) is 0 Å². The molecule has 1 aromatic rings. The number of aliphatic hydroxyl groups is 1. The zero-order chi connectivity index (χ0) is 13.7. The summed E-state index contributed by atoms with van der Waals surface area (Å²) in [6.45, 7) is 4.20. The molecule has 0 aliphatic heterocycles. The lowest BCUT2D eigenvalue weighted by Crippen LogP contribution is -2.26. The SMILES string of the molecule is COc1ccc(O)c([C@H](N)[C@H](O)CCC(C)C)c1.Cl. The van der Waals surface area contributed by atoms with Crippen molar-refractivity contribution < 1.29 is 14.9 Å². The van der Waals surface area contributed by atoms with Gasteiger partial charge in [-0.3, -0.25) is 0 Å². The summed E-state index contributed by atoms with van der Waals surface area (Å²) in [5.41, 5.74) is 6.50. The van der Waals surface area contributed by atoms with Crippen LogP contribution in [0.15, 0.2) is 18.2 Å². The smallest absolute Gasteiger partial charge is 0.120 e. The summed E-state index contributed by atoms with van der Waals surface area (Å²) in [5, 5.41) is 19.8. The van der Waals surface area contributed by atoms with Crippen molar-refractivity contribution in [3.63, 3.8) is 0 Å². The van der Waals surface area contributed by atoms with Gasteiger partial charge in [-0.05, 0) is 37.0 Å². The molecule has 0 spiro atoms. The van der Waals surface area contributed by atoms with Crippen LogP contribution in [0, 0.1) is 5.92 Å². The van der Waals surface area contributed by atoms with E-state index >= 15 is 0 Å². The Hall–Kier alpha value is -0.970. The van der Waals surface area contributed by atoms with E-state index < -0.39 is 12.1 Å². The van der Waals surface area contributed by atoms with Crippen molar-refractivity contribution in [2.75, 3.05) is 7.11 Å². The first-order valence-corrected chi connectivity index (χ1v) is 6.26. The number of hydrogen-bond donors (Lipinski definition) is 3. The molecular formula is C14H24ClNO3. The molecule has 0 aromatic heterocycles. The summed E-state index contributed by atoms with van der Waals surface area (Å²) in [6.07, 6.45) is 0.861. The number of aromatic hydroxyl groups is 1. The van der Waals surface area contributed by atoms with Crippen molar-refractivity contribution in [2.45, 2.75) is 38.8 Å². The molecule has 2 atom stereocenters. The molecule has 1 rings (SSSR count). The zero-order valence-electron chi connectivity index (χ0n) is 11.7. The van der Waals surface area contributed by atoms with Gasteiger partial charge in [-0.1, -0.05) is 13.8 Å². The van der Waals surface area contributed by atoms with Gasteiger partial charge >= 0.3 is 0 Å². The zero-order valence-corrected chi connectivity index (χ0v) is 12.5. The molecular weight excluding hydrogens is 266 g/mol. The Bertz CT molecular complexity index is 385. The predicted octanol–water partition coefficient (Wildman–Crippen LogP) is 2.62. The summed E-state index contributed by atoms with van der Waals surface area (Å²) >= 11 is 0. The number of nitrogens with two attached hydrogens (primary N) is 1. The molecule has 0 unspecified atom stereocenters. The third-order valence-corrected chi connectivity index (χ3v) is 3.05. The normalized spacial score (nSPS) is 13.8. The molecule has 4 N–H and O–H groups in total. The highest BCUT2D eigenvalue weighted by Crippen LogP contribution is 2.30. The van der Waals surface area contributed by atoms with E-state index in [9.17, 15) is 10.2 Å². The lowest BCUT2D eigenvalue weighted by molar-refractivity contribution is 0.127. The maximum atomic E-state index is 10.0. The van der Waals surface area contributed by atoms with E-state index in [1.165, 1.54) is 6.07 Å². The minimum Gasteiger partial charge on any atom is -0.508 e. The van der Waals surface area contributed by atoms with Crippen LogP contribution in [0.5, 0.6) is 11.5 Å². The Morgan fingerprint density at radius 1 is 1.26 bits per heavy atom. The lowest BCUT2D eigenvalue weighted by atomic mass is 9.95. The maximum Gasteiger partial charge on any atom is 0.120 e. The standard InChI is InChI=1S/C14H23NO3.ClH/c1-9(2)4-6-13(17)14(15)11-8-10(18-3)5-7-12(11)16;/h5,7-9,13-14,16-17H,4,6,15H2,1-3H3;1H/t13-,14+;/m1./s1. The average Bonchev–Trinajstić information content (AvgIpc) is 2.35. The number of benzene rings is 1. The second-order valence-corrected chi connectivity index (χ2v) is 4.99. The summed E-state index contributed by atoms with van der Waals surface area (Å²) in [6, 6.07) is 4.26. The van der Waals surface area contributed by atoms with Gasteiger partial charge in [-0.2, -0.15) is 0 Å². The monoisotopic (exact) mass is 289 g/mol. The van der Waals surface area contributed by atoms with Gasteiger partial charge in [0.25, 0.3) is 0 Å². The van der Waals surface area contributed by atoms with E-state index in [2.05, 4.69) is 13.8 Å². The van der Waals surface area contributed by atoms with Crippen LogP contribution >= 0.6 is 12.4 Å². The van der Waals surface area contributed by atoms with Crippen molar-refractivity contribution in [3.05, 3.63) is 23.8 Å². The second-order valence-electron chi connectivity index (χ2n) is 4.99. The molecule has 0 fully saturated rings. The third-order valence-electron chi connectivity index (χ3n) is 3.05. The summed E-state index contributed by atoms with van der Waals surface area (Å²) < 4.78 is 5.09. The van der Waals surface area contributed by atoms with Gasteiger partial charge in [-0.15, -0.1) is 12.4 Å². The molecule has 0 aliphatic carbocycles. The molecule has 4 nitrogen and oxygen atoms in total. The van der Waals surface area contributed by atoms with E-state index in [1.54, 1.807) is 19.2 Å². The Labute approximate surface area is 121 Å². The molecule has 0 saturated carbocycles. The summed E-state index contributed by atoms with van der Waals surface area (Å²) in [7, 11) is 1.55. The van der Waals surface area contributed by atoms with E-state index in [4.69, 9.17) is 10.5 Å². The summed E-state index contributed by atoms with van der Waals surface area (Å²) in [4.78, 5) is 0. The van der Waals surface area contributed by atoms with E-state index in [0.717, 1.165) is 6.42 Å². The highest BCUT2D eigenvalue weighted by Gasteiger charge is 2.20. The van der Waals surface area contributed by atoms with Gasteiger partial charge in [0.15, 0.2) is 0 Å². The first kappa shape index (κ1) is 18.0. The van der Waals surface area contributed by atoms with Crippen molar-refractivity contribution in [1.82, 2.24) is 0 Å². The molecule has 1 aromatic carbocycles. The van der Waals surface area contributed by atoms with Gasteiger partial charge in [0.05, 0.1) is 19.3 Å². The first-order chi connectivity index (χ1) is 8.45. The molecule has 0 aliphatic rings. The fraction of sp³-hybridized carbons (Fsp3) is 0.571. The van der Waals surface area contributed by atoms with Gasteiger partial charge in [-0.25, -0.2) is 0 Å². The number of methoxy groups -OCH3 is 1. The van der Waals surface area contributed by atoms with Crippen LogP contribution in [0.4, 0.5) is 0 Å². The average molecular weight is 290 g/mol. The Morgan fingerprint density at radius 2 is 1.89 bits per heavy atom. The Kier molecular flexibility index (Phi) is 7.83. The predicted molar refractivity (Wildman–Crippen MR) is 78.9 cm³/mol. The quantitative estimate of drug-likeness (QED) is 0.752. The molecule has 19 heavy (non-hydrogen) atoms. The van der Waals surface area contributed by atoms with Gasteiger partial charge in [0.1, 0.15) is 11.5 Å². The Morgan fingerprint density at radius 3 is 2.42 bits per heavy atom. The maximum absolute atomic E-state index is 10.0. The van der Waals surface area contributed by atoms with Gasteiger partial charge < -0.3 is 20.7 Å². The second kappa shape index (κ2) is 8.25. The minimum atomic E-state index is -0.662. The first-order valence-electron chi connectivity index (χ1n) is 6.26. The topological polar surface area (TPSA) is 75.7 Å². The molecule has 0 heterocycles. The number of halogens is 1. The lowest BCUT2D eigenvalue weighted by Gasteiger charge is -2.21. The van der Waals surface area contributed by atoms with Crippen LogP contribution < -0.4 is 10.5 Å². The van der Waals surface area contributed by atoms with Crippen LogP contribution in [0.2, 0.25) is 0 Å². The number of phenols is 1. The highest BCUT2D eigenvalue weighted by atomic mass is 35.5. The minimum absolute atomic E-state index is 0. The molecule has 0 saturated heterocycles. The number of hydrogen-bond acceptors (Lipinski definition) is 4. The van der Waals surface area contributed by atoms with Crippen LogP contribution in [0.3, 0.4) is 0 Å². The number of rotatable bonds is 6. The number of phenolic OH excluding ortho intramolecular Hbond substituents is 1. The van der Waals surface area contributed by atoms with Crippen molar-refractivity contribution >= 4 is 12.4 Å². The number of aliphatic hydroxyl groups excluding tert-OH is 1. The van der Waals surface area contributed by atoms with Crippen LogP contribution in [-0.4, -0.2) is 23.4 Å². The van der Waals surface area contributed by atoms with Gasteiger partial charge in [0, 0.05) is 5.56 Å². The van der Waals surface area contributed by atoms with E-state index in [-0.39, 0.29) is 18.2 Å². The molecule has 0 radical (unpaired) electrons. The molecule has 110 valence electrons. The number of ether oxygens (including phenoxy) is 1. The highest BCUT2D eigenvalue weighted by molar-refractivity contribution is 5.85. The van der Waals surface area contributed by atoms with Crippen LogP contribution in [0.25, 0.3) is 0 Å². The molecule has 0 amide bonds. The largest absolute Gasteiger partial charge is 0.508 e. The molecule has 0 bridgehead atoms. The van der Waals surface area contributed by atoms with E-state index in [0.29, 0.717) is 23.7 Å².